The van der Waals surface area contributed by atoms with E-state index in [0.717, 1.165) is 44.9 Å². The summed E-state index contributed by atoms with van der Waals surface area (Å²) >= 11 is 0. The zero-order valence-corrected chi connectivity index (χ0v) is 27.7. The van der Waals surface area contributed by atoms with Gasteiger partial charge in [-0.25, -0.2) is 19.9 Å². The van der Waals surface area contributed by atoms with E-state index in [0.29, 0.717) is 28.9 Å². The maximum atomic E-state index is 9.46. The van der Waals surface area contributed by atoms with Crippen LogP contribution in [0.5, 0.6) is 11.5 Å². The second-order valence-electron chi connectivity index (χ2n) is 12.9. The van der Waals surface area contributed by atoms with Crippen LogP contribution in [-0.4, -0.2) is 19.9 Å². The van der Waals surface area contributed by atoms with Gasteiger partial charge in [-0.1, -0.05) is 121 Å². The molecule has 0 unspecified atom stereocenters. The maximum absolute atomic E-state index is 9.46. The van der Waals surface area contributed by atoms with Crippen molar-refractivity contribution >= 4 is 0 Å². The molecule has 0 atom stereocenters. The van der Waals surface area contributed by atoms with Crippen LogP contribution < -0.4 is 4.74 Å². The van der Waals surface area contributed by atoms with Crippen LogP contribution in [-0.2, 0) is 5.41 Å². The summed E-state index contributed by atoms with van der Waals surface area (Å²) in [5.41, 5.74) is 10.9. The lowest BCUT2D eigenvalue weighted by molar-refractivity contribution is 0.436. The fraction of sp³-hybridized carbons (Fsp3) is 0.0217. The minimum Gasteiger partial charge on any atom is -0.457 e. The normalized spacial score (nSPS) is 12.9. The van der Waals surface area contributed by atoms with E-state index in [1.54, 1.807) is 6.07 Å². The molecule has 3 heterocycles. The summed E-state index contributed by atoms with van der Waals surface area (Å²) in [6.07, 6.45) is 0. The summed E-state index contributed by atoms with van der Waals surface area (Å²) in [6, 6.07) is 57.5. The van der Waals surface area contributed by atoms with Gasteiger partial charge in [0.1, 0.15) is 23.3 Å². The van der Waals surface area contributed by atoms with Gasteiger partial charge in [-0.15, -0.1) is 0 Å². The first kappa shape index (κ1) is 29.7. The second kappa shape index (κ2) is 11.7. The molecule has 10 rings (SSSR count). The van der Waals surface area contributed by atoms with E-state index in [1.165, 1.54) is 22.3 Å². The molecular formula is C46H27N5O. The molecule has 6 aromatic carbocycles. The lowest BCUT2D eigenvalue weighted by atomic mass is 9.66. The molecule has 0 saturated carbocycles. The van der Waals surface area contributed by atoms with Gasteiger partial charge in [-0.05, 0) is 64.7 Å². The van der Waals surface area contributed by atoms with E-state index < -0.39 is 5.41 Å². The summed E-state index contributed by atoms with van der Waals surface area (Å²) in [7, 11) is 0. The zero-order valence-electron chi connectivity index (χ0n) is 27.7. The minimum atomic E-state index is -0.606. The fourth-order valence-electron chi connectivity index (χ4n) is 7.82. The highest BCUT2D eigenvalue weighted by Crippen LogP contribution is 2.62. The third-order valence-corrected chi connectivity index (χ3v) is 10.1. The van der Waals surface area contributed by atoms with Crippen LogP contribution >= 0.6 is 0 Å². The van der Waals surface area contributed by atoms with Crippen molar-refractivity contribution in [1.29, 1.82) is 5.26 Å². The summed E-state index contributed by atoms with van der Waals surface area (Å²) in [5, 5.41) is 9.46. The van der Waals surface area contributed by atoms with Gasteiger partial charge in [0.15, 0.2) is 17.5 Å². The summed E-state index contributed by atoms with van der Waals surface area (Å²) in [5.74, 6) is 3.30. The molecule has 0 radical (unpaired) electrons. The molecule has 6 nitrogen and oxygen atoms in total. The lowest BCUT2D eigenvalue weighted by Crippen LogP contribution is -2.32. The fourth-order valence-corrected chi connectivity index (χ4v) is 7.82. The number of ether oxygens (including phenoxy) is 1. The molecule has 0 saturated heterocycles. The molecule has 2 aliphatic rings. The molecule has 0 bridgehead atoms. The average molecular weight is 666 g/mol. The third-order valence-electron chi connectivity index (χ3n) is 10.1. The predicted octanol–water partition coefficient (Wildman–Crippen LogP) is 10.3. The molecule has 242 valence electrons. The zero-order chi connectivity index (χ0) is 34.6. The van der Waals surface area contributed by atoms with Crippen molar-refractivity contribution in [3.8, 4) is 74.1 Å². The van der Waals surface area contributed by atoms with E-state index in [4.69, 9.17) is 19.7 Å². The van der Waals surface area contributed by atoms with Crippen molar-refractivity contribution in [3.05, 3.63) is 192 Å². The first-order valence-electron chi connectivity index (χ1n) is 17.1. The Labute approximate surface area is 300 Å². The van der Waals surface area contributed by atoms with Crippen LogP contribution in [0, 0.1) is 11.3 Å². The van der Waals surface area contributed by atoms with Gasteiger partial charge in [0.05, 0.1) is 11.1 Å². The number of nitrogens with zero attached hydrogens (tertiary/aromatic N) is 5. The number of rotatable bonds is 4. The Kier molecular flexibility index (Phi) is 6.67. The largest absolute Gasteiger partial charge is 0.457 e. The number of fused-ring (bicyclic) bond motifs is 9. The first-order chi connectivity index (χ1) is 25.7. The van der Waals surface area contributed by atoms with E-state index in [1.807, 2.05) is 84.9 Å². The highest BCUT2D eigenvalue weighted by atomic mass is 16.5. The summed E-state index contributed by atoms with van der Waals surface area (Å²) in [4.78, 5) is 19.7. The number of aromatic nitrogens is 4. The molecule has 2 aromatic heterocycles. The monoisotopic (exact) mass is 665 g/mol. The number of hydrogen-bond donors (Lipinski definition) is 0. The molecule has 52 heavy (non-hydrogen) atoms. The average Bonchev–Trinajstić information content (AvgIpc) is 3.52. The number of nitriles is 1. The Bertz CT molecular complexity index is 2710. The van der Waals surface area contributed by atoms with Gasteiger partial charge >= 0.3 is 0 Å². The van der Waals surface area contributed by atoms with Crippen LogP contribution in [0.1, 0.15) is 27.9 Å². The standard InChI is InChI=1S/C46H27N5O/c47-28-33-16-11-22-40(48-33)30-14-10-15-31(26-30)44-49-43(29-12-2-1-3-13-29)50-45(51-44)32-24-25-42-39(27-32)46(38-21-8-9-23-41(38)52-42)36-19-6-4-17-34(36)35-18-5-7-20-37(35)46/h1-27H. The Morgan fingerprint density at radius 2 is 0.981 bits per heavy atom. The van der Waals surface area contributed by atoms with Crippen LogP contribution in [0.2, 0.25) is 0 Å². The first-order valence-corrected chi connectivity index (χ1v) is 17.1. The molecule has 1 aliphatic heterocycles. The van der Waals surface area contributed by atoms with Crippen LogP contribution in [0.25, 0.3) is 56.5 Å². The number of benzene rings is 6. The van der Waals surface area contributed by atoms with Crippen molar-refractivity contribution in [1.82, 2.24) is 19.9 Å². The SMILES string of the molecule is N#Cc1cccc(-c2cccc(-c3nc(-c4ccccc4)nc(-c4ccc5c(c4)C4(c6ccccc6O5)c5ccccc5-c5ccccc54)n3)c2)n1. The Balaban J connectivity index is 1.19. The Morgan fingerprint density at radius 3 is 1.71 bits per heavy atom. The number of hydrogen-bond acceptors (Lipinski definition) is 6. The number of pyridine rings is 1. The van der Waals surface area contributed by atoms with Crippen molar-refractivity contribution in [2.24, 2.45) is 0 Å². The molecule has 0 amide bonds. The summed E-state index contributed by atoms with van der Waals surface area (Å²) in [6.45, 7) is 0. The molecular weight excluding hydrogens is 639 g/mol. The third kappa shape index (κ3) is 4.50. The van der Waals surface area contributed by atoms with E-state index in [2.05, 4.69) is 83.8 Å². The van der Waals surface area contributed by atoms with Crippen LogP contribution in [0.15, 0.2) is 164 Å². The highest BCUT2D eigenvalue weighted by molar-refractivity contribution is 5.89. The van der Waals surface area contributed by atoms with Crippen LogP contribution in [0.4, 0.5) is 0 Å². The lowest BCUT2D eigenvalue weighted by Gasteiger charge is -2.39. The van der Waals surface area contributed by atoms with Gasteiger partial charge < -0.3 is 4.74 Å². The smallest absolute Gasteiger partial charge is 0.164 e. The maximum Gasteiger partial charge on any atom is 0.164 e. The summed E-state index contributed by atoms with van der Waals surface area (Å²) < 4.78 is 6.66. The predicted molar refractivity (Wildman–Crippen MR) is 201 cm³/mol. The topological polar surface area (TPSA) is 84.6 Å². The molecule has 0 N–H and O–H groups in total. The highest BCUT2D eigenvalue weighted by Gasteiger charge is 2.51. The Hall–Kier alpha value is -7.23. The van der Waals surface area contributed by atoms with Gasteiger partial charge in [0.25, 0.3) is 0 Å². The van der Waals surface area contributed by atoms with Gasteiger partial charge in [0, 0.05) is 33.4 Å². The minimum absolute atomic E-state index is 0.362. The van der Waals surface area contributed by atoms with Crippen molar-refractivity contribution in [2.45, 2.75) is 5.41 Å². The quantitative estimate of drug-likeness (QED) is 0.186. The molecule has 1 aliphatic carbocycles. The number of para-hydroxylation sites is 1. The van der Waals surface area contributed by atoms with Crippen molar-refractivity contribution in [3.63, 3.8) is 0 Å². The van der Waals surface area contributed by atoms with Crippen molar-refractivity contribution < 1.29 is 4.74 Å². The molecule has 1 spiro atoms. The second-order valence-corrected chi connectivity index (χ2v) is 12.9. The van der Waals surface area contributed by atoms with Crippen molar-refractivity contribution in [2.75, 3.05) is 0 Å². The molecule has 6 heteroatoms. The van der Waals surface area contributed by atoms with E-state index >= 15 is 0 Å². The van der Waals surface area contributed by atoms with Gasteiger partial charge in [-0.2, -0.15) is 5.26 Å². The van der Waals surface area contributed by atoms with E-state index in [9.17, 15) is 5.26 Å². The van der Waals surface area contributed by atoms with Gasteiger partial charge in [-0.3, -0.25) is 0 Å². The van der Waals surface area contributed by atoms with Gasteiger partial charge in [0.2, 0.25) is 0 Å². The molecule has 0 fully saturated rings. The molecule has 8 aromatic rings. The van der Waals surface area contributed by atoms with Crippen LogP contribution in [0.3, 0.4) is 0 Å². The van der Waals surface area contributed by atoms with E-state index in [-0.39, 0.29) is 0 Å². The Morgan fingerprint density at radius 1 is 0.423 bits per heavy atom.